The second kappa shape index (κ2) is 9.46. The lowest BCUT2D eigenvalue weighted by Gasteiger charge is -2.30. The van der Waals surface area contributed by atoms with Gasteiger partial charge in [0.2, 0.25) is 0 Å². The van der Waals surface area contributed by atoms with Gasteiger partial charge in [0.15, 0.2) is 5.82 Å². The number of carbonyl (C=O) groups excluding carboxylic acids is 1. The van der Waals surface area contributed by atoms with Gasteiger partial charge in [0.05, 0.1) is 0 Å². The van der Waals surface area contributed by atoms with Crippen LogP contribution in [0.1, 0.15) is 36.7 Å². The van der Waals surface area contributed by atoms with E-state index in [-0.39, 0.29) is 5.91 Å². The Bertz CT molecular complexity index is 751. The van der Waals surface area contributed by atoms with Gasteiger partial charge in [-0.25, -0.2) is 9.97 Å². The number of anilines is 1. The number of amides is 1. The second-order valence-corrected chi connectivity index (χ2v) is 7.10. The van der Waals surface area contributed by atoms with Crippen molar-refractivity contribution in [2.75, 3.05) is 38.7 Å². The summed E-state index contributed by atoms with van der Waals surface area (Å²) in [7, 11) is 1.69. The highest BCUT2D eigenvalue weighted by atomic mass is 16.5. The molecule has 2 aromatic rings. The fourth-order valence-corrected chi connectivity index (χ4v) is 3.33. The van der Waals surface area contributed by atoms with Crippen LogP contribution >= 0.6 is 0 Å². The molecule has 1 aromatic carbocycles. The van der Waals surface area contributed by atoms with Gasteiger partial charge in [-0.2, -0.15) is 0 Å². The third-order valence-electron chi connectivity index (χ3n) is 4.75. The molecular formula is C21H28N4O2. The highest BCUT2D eigenvalue weighted by Crippen LogP contribution is 2.21. The van der Waals surface area contributed by atoms with Crippen LogP contribution in [-0.2, 0) is 4.74 Å². The molecule has 1 aliphatic rings. The second-order valence-electron chi connectivity index (χ2n) is 7.10. The Morgan fingerprint density at radius 1 is 1.30 bits per heavy atom. The molecule has 1 fully saturated rings. The van der Waals surface area contributed by atoms with Crippen molar-refractivity contribution >= 4 is 11.7 Å². The molecule has 3 rings (SSSR count). The third kappa shape index (κ3) is 5.26. The molecule has 0 saturated carbocycles. The molecule has 1 atom stereocenters. The summed E-state index contributed by atoms with van der Waals surface area (Å²) in [6, 6.07) is 11.5. The largest absolute Gasteiger partial charge is 0.385 e. The molecule has 2 heterocycles. The number of likely N-dealkylation sites (tertiary alicyclic amines) is 1. The van der Waals surface area contributed by atoms with Crippen molar-refractivity contribution in [3.05, 3.63) is 42.1 Å². The predicted molar refractivity (Wildman–Crippen MR) is 107 cm³/mol. The van der Waals surface area contributed by atoms with E-state index < -0.39 is 0 Å². The van der Waals surface area contributed by atoms with Gasteiger partial charge >= 0.3 is 0 Å². The number of methoxy groups -OCH3 is 1. The minimum atomic E-state index is -0.0129. The first-order valence-electron chi connectivity index (χ1n) is 9.64. The van der Waals surface area contributed by atoms with Crippen LogP contribution in [-0.4, -0.2) is 54.1 Å². The molecule has 0 radical (unpaired) electrons. The molecule has 0 bridgehead atoms. The maximum Gasteiger partial charge on any atom is 0.272 e. The summed E-state index contributed by atoms with van der Waals surface area (Å²) in [5.41, 5.74) is 1.35. The number of hydrogen-bond donors (Lipinski definition) is 1. The molecule has 6 heteroatoms. The minimum absolute atomic E-state index is 0.0129. The zero-order valence-corrected chi connectivity index (χ0v) is 16.1. The first-order chi connectivity index (χ1) is 13.2. The number of nitrogens with zero attached hydrogens (tertiary/aromatic N) is 3. The van der Waals surface area contributed by atoms with Crippen LogP contribution in [0.15, 0.2) is 36.4 Å². The smallest absolute Gasteiger partial charge is 0.272 e. The number of aromatic nitrogens is 2. The highest BCUT2D eigenvalue weighted by Gasteiger charge is 2.24. The van der Waals surface area contributed by atoms with Crippen LogP contribution in [0.4, 0.5) is 5.82 Å². The van der Waals surface area contributed by atoms with Gasteiger partial charge in [-0.1, -0.05) is 37.3 Å². The number of ether oxygens (including phenoxy) is 1. The minimum Gasteiger partial charge on any atom is -0.385 e. The molecule has 144 valence electrons. The molecule has 6 nitrogen and oxygen atoms in total. The summed E-state index contributed by atoms with van der Waals surface area (Å²) in [5, 5.41) is 3.29. The van der Waals surface area contributed by atoms with E-state index in [2.05, 4.69) is 22.2 Å². The van der Waals surface area contributed by atoms with Gasteiger partial charge in [0.1, 0.15) is 11.5 Å². The Balaban J connectivity index is 1.86. The van der Waals surface area contributed by atoms with Crippen molar-refractivity contribution in [1.29, 1.82) is 0 Å². The predicted octanol–water partition coefficient (Wildman–Crippen LogP) is 3.46. The summed E-state index contributed by atoms with van der Waals surface area (Å²) in [5.74, 6) is 1.76. The van der Waals surface area contributed by atoms with E-state index in [1.165, 1.54) is 6.42 Å². The topological polar surface area (TPSA) is 67.3 Å². The highest BCUT2D eigenvalue weighted by molar-refractivity contribution is 5.93. The zero-order chi connectivity index (χ0) is 19.1. The van der Waals surface area contributed by atoms with Crippen LogP contribution in [0.3, 0.4) is 0 Å². The number of rotatable bonds is 7. The third-order valence-corrected chi connectivity index (χ3v) is 4.75. The van der Waals surface area contributed by atoms with E-state index in [0.717, 1.165) is 38.0 Å². The van der Waals surface area contributed by atoms with Crippen LogP contribution in [0.5, 0.6) is 0 Å². The lowest BCUT2D eigenvalue weighted by atomic mass is 10.00. The summed E-state index contributed by atoms with van der Waals surface area (Å²) in [6.45, 7) is 5.19. The molecule has 27 heavy (non-hydrogen) atoms. The van der Waals surface area contributed by atoms with Crippen LogP contribution in [0, 0.1) is 5.92 Å². The Morgan fingerprint density at radius 3 is 2.85 bits per heavy atom. The van der Waals surface area contributed by atoms with E-state index in [1.807, 2.05) is 35.2 Å². The number of nitrogens with one attached hydrogen (secondary N) is 1. The quantitative estimate of drug-likeness (QED) is 0.758. The van der Waals surface area contributed by atoms with E-state index in [1.54, 1.807) is 13.2 Å². The molecule has 1 aromatic heterocycles. The molecule has 1 saturated heterocycles. The normalized spacial score (nSPS) is 17.0. The van der Waals surface area contributed by atoms with Gasteiger partial charge in [-0.05, 0) is 25.2 Å². The summed E-state index contributed by atoms with van der Waals surface area (Å²) in [6.07, 6.45) is 3.09. The van der Waals surface area contributed by atoms with Crippen LogP contribution in [0.25, 0.3) is 11.4 Å². The molecule has 0 aliphatic carbocycles. The van der Waals surface area contributed by atoms with Crippen molar-refractivity contribution in [3.63, 3.8) is 0 Å². The van der Waals surface area contributed by atoms with Gasteiger partial charge in [-0.3, -0.25) is 4.79 Å². The zero-order valence-electron chi connectivity index (χ0n) is 16.1. The average Bonchev–Trinajstić information content (AvgIpc) is 2.71. The maximum absolute atomic E-state index is 13.0. The summed E-state index contributed by atoms with van der Waals surface area (Å²) in [4.78, 5) is 24.2. The Morgan fingerprint density at radius 2 is 2.11 bits per heavy atom. The molecular weight excluding hydrogens is 340 g/mol. The van der Waals surface area contributed by atoms with E-state index in [4.69, 9.17) is 4.74 Å². The Labute approximate surface area is 161 Å². The molecule has 0 spiro atoms. The van der Waals surface area contributed by atoms with Crippen molar-refractivity contribution in [1.82, 2.24) is 14.9 Å². The van der Waals surface area contributed by atoms with Crippen molar-refractivity contribution in [2.24, 2.45) is 5.92 Å². The Hall–Kier alpha value is -2.47. The maximum atomic E-state index is 13.0. The molecule has 1 N–H and O–H groups in total. The fourth-order valence-electron chi connectivity index (χ4n) is 3.33. The number of hydrogen-bond acceptors (Lipinski definition) is 5. The molecule has 1 aliphatic heterocycles. The summed E-state index contributed by atoms with van der Waals surface area (Å²) >= 11 is 0. The van der Waals surface area contributed by atoms with Gasteiger partial charge in [-0.15, -0.1) is 0 Å². The van der Waals surface area contributed by atoms with Gasteiger partial charge in [0.25, 0.3) is 5.91 Å². The summed E-state index contributed by atoms with van der Waals surface area (Å²) < 4.78 is 5.09. The Kier molecular flexibility index (Phi) is 6.76. The first kappa shape index (κ1) is 19.3. The lowest BCUT2D eigenvalue weighted by Crippen LogP contribution is -2.39. The van der Waals surface area contributed by atoms with Crippen LogP contribution in [0.2, 0.25) is 0 Å². The van der Waals surface area contributed by atoms with E-state index >= 15 is 0 Å². The molecule has 1 amide bonds. The standard InChI is InChI=1S/C21H28N4O2/c1-16-8-6-12-25(15-16)21(26)18-14-19(22-11-7-13-27-2)24-20(23-18)17-9-4-3-5-10-17/h3-5,9-10,14,16H,6-8,11-13,15H2,1-2H3,(H,22,23,24). The van der Waals surface area contributed by atoms with Crippen molar-refractivity contribution < 1.29 is 9.53 Å². The SMILES string of the molecule is COCCCNc1cc(C(=O)N2CCCC(C)C2)nc(-c2ccccc2)n1. The monoisotopic (exact) mass is 368 g/mol. The fraction of sp³-hybridized carbons (Fsp3) is 0.476. The number of benzene rings is 1. The number of carbonyl (C=O) groups is 1. The average molecular weight is 368 g/mol. The van der Waals surface area contributed by atoms with E-state index in [0.29, 0.717) is 29.9 Å². The lowest BCUT2D eigenvalue weighted by molar-refractivity contribution is 0.0677. The van der Waals surface area contributed by atoms with Crippen molar-refractivity contribution in [2.45, 2.75) is 26.2 Å². The van der Waals surface area contributed by atoms with Crippen LogP contribution < -0.4 is 5.32 Å². The van der Waals surface area contributed by atoms with Gasteiger partial charge in [0, 0.05) is 45.0 Å². The van der Waals surface area contributed by atoms with E-state index in [9.17, 15) is 4.79 Å². The van der Waals surface area contributed by atoms with Crippen molar-refractivity contribution in [3.8, 4) is 11.4 Å². The van der Waals surface area contributed by atoms with Gasteiger partial charge < -0.3 is 15.0 Å². The number of piperidine rings is 1. The first-order valence-corrected chi connectivity index (χ1v) is 9.64. The molecule has 1 unspecified atom stereocenters.